The molecule has 2 heterocycles. The molecule has 3 rings (SSSR count). The summed E-state index contributed by atoms with van der Waals surface area (Å²) >= 11 is 0. The topological polar surface area (TPSA) is 60.9 Å². The molecule has 152 valence electrons. The van der Waals surface area contributed by atoms with Crippen LogP contribution in [-0.2, 0) is 9.59 Å². The van der Waals surface area contributed by atoms with Crippen LogP contribution < -0.4 is 0 Å². The molecule has 0 radical (unpaired) electrons. The van der Waals surface area contributed by atoms with Crippen molar-refractivity contribution in [3.05, 3.63) is 35.6 Å². The van der Waals surface area contributed by atoms with Crippen molar-refractivity contribution in [1.29, 1.82) is 0 Å². The lowest BCUT2D eigenvalue weighted by Crippen LogP contribution is -2.52. The summed E-state index contributed by atoms with van der Waals surface area (Å²) in [5.74, 6) is -2.57. The van der Waals surface area contributed by atoms with Crippen LogP contribution in [0.3, 0.4) is 0 Å². The van der Waals surface area contributed by atoms with Crippen LogP contribution in [-0.4, -0.2) is 77.9 Å². The molecular formula is C18H19F4N3O3. The molecule has 0 spiro atoms. The van der Waals surface area contributed by atoms with Crippen molar-refractivity contribution in [2.75, 3.05) is 39.3 Å². The van der Waals surface area contributed by atoms with Crippen molar-refractivity contribution >= 4 is 17.7 Å². The Bertz CT molecular complexity index is 758. The minimum atomic E-state index is -4.50. The van der Waals surface area contributed by atoms with E-state index in [9.17, 15) is 31.9 Å². The SMILES string of the molecule is O=C1CC(C(=O)N2CCN(C(=O)c3ccc(F)cc3)CC2)CN1CC(F)(F)F. The van der Waals surface area contributed by atoms with E-state index in [0.29, 0.717) is 10.5 Å². The van der Waals surface area contributed by atoms with Crippen LogP contribution >= 0.6 is 0 Å². The quantitative estimate of drug-likeness (QED) is 0.722. The van der Waals surface area contributed by atoms with Gasteiger partial charge in [-0.1, -0.05) is 0 Å². The molecule has 0 bridgehead atoms. The van der Waals surface area contributed by atoms with Crippen molar-refractivity contribution < 1.29 is 31.9 Å². The zero-order valence-corrected chi connectivity index (χ0v) is 14.9. The number of amides is 3. The minimum Gasteiger partial charge on any atom is -0.339 e. The number of carbonyl (C=O) groups excluding carboxylic acids is 3. The predicted molar refractivity (Wildman–Crippen MR) is 89.6 cm³/mol. The van der Waals surface area contributed by atoms with Crippen molar-refractivity contribution in [1.82, 2.24) is 14.7 Å². The number of rotatable bonds is 3. The van der Waals surface area contributed by atoms with Gasteiger partial charge in [0.25, 0.3) is 5.91 Å². The smallest absolute Gasteiger partial charge is 0.339 e. The number of alkyl halides is 3. The van der Waals surface area contributed by atoms with E-state index in [1.807, 2.05) is 0 Å². The second-order valence-electron chi connectivity index (χ2n) is 6.91. The van der Waals surface area contributed by atoms with Crippen LogP contribution in [0.5, 0.6) is 0 Å². The molecule has 2 saturated heterocycles. The van der Waals surface area contributed by atoms with E-state index in [1.165, 1.54) is 34.1 Å². The van der Waals surface area contributed by atoms with E-state index in [2.05, 4.69) is 0 Å². The lowest BCUT2D eigenvalue weighted by molar-refractivity contribution is -0.157. The zero-order valence-electron chi connectivity index (χ0n) is 14.9. The summed E-state index contributed by atoms with van der Waals surface area (Å²) in [6, 6.07) is 5.15. The first-order valence-electron chi connectivity index (χ1n) is 8.82. The standard InChI is InChI=1S/C18H19F4N3O3/c19-14-3-1-12(2-4-14)16(27)23-5-7-24(8-6-23)17(28)13-9-15(26)25(10-13)11-18(20,21)22/h1-4,13H,5-11H2. The highest BCUT2D eigenvalue weighted by Crippen LogP contribution is 2.25. The maximum Gasteiger partial charge on any atom is 0.406 e. The first-order chi connectivity index (χ1) is 13.1. The number of hydrogen-bond acceptors (Lipinski definition) is 3. The van der Waals surface area contributed by atoms with E-state index in [1.54, 1.807) is 0 Å². The molecular weight excluding hydrogens is 382 g/mol. The molecule has 1 aromatic rings. The van der Waals surface area contributed by atoms with Crippen molar-refractivity contribution in [3.8, 4) is 0 Å². The van der Waals surface area contributed by atoms with Gasteiger partial charge in [0.1, 0.15) is 12.4 Å². The molecule has 0 aromatic heterocycles. The molecule has 0 aliphatic carbocycles. The summed E-state index contributed by atoms with van der Waals surface area (Å²) in [5, 5.41) is 0. The van der Waals surface area contributed by atoms with Gasteiger partial charge >= 0.3 is 6.18 Å². The summed E-state index contributed by atoms with van der Waals surface area (Å²) in [6.07, 6.45) is -4.73. The van der Waals surface area contributed by atoms with Crippen LogP contribution in [0, 0.1) is 11.7 Å². The first-order valence-corrected chi connectivity index (χ1v) is 8.82. The zero-order chi connectivity index (χ0) is 20.5. The maximum absolute atomic E-state index is 13.0. The third-order valence-electron chi connectivity index (χ3n) is 4.90. The van der Waals surface area contributed by atoms with E-state index < -0.39 is 30.4 Å². The van der Waals surface area contributed by atoms with Gasteiger partial charge in [0.2, 0.25) is 11.8 Å². The number of halogens is 4. The van der Waals surface area contributed by atoms with Gasteiger partial charge in [-0.15, -0.1) is 0 Å². The number of hydrogen-bond donors (Lipinski definition) is 0. The molecule has 2 aliphatic rings. The number of piperazine rings is 1. The van der Waals surface area contributed by atoms with Crippen LogP contribution in [0.2, 0.25) is 0 Å². The third kappa shape index (κ3) is 4.60. The monoisotopic (exact) mass is 401 g/mol. The predicted octanol–water partition coefficient (Wildman–Crippen LogP) is 1.52. The van der Waals surface area contributed by atoms with Crippen LogP contribution in [0.15, 0.2) is 24.3 Å². The molecule has 10 heteroatoms. The molecule has 0 N–H and O–H groups in total. The Balaban J connectivity index is 1.53. The summed E-state index contributed by atoms with van der Waals surface area (Å²) in [5.41, 5.74) is 0.338. The molecule has 1 aromatic carbocycles. The van der Waals surface area contributed by atoms with Crippen LogP contribution in [0.25, 0.3) is 0 Å². The fraction of sp³-hybridized carbons (Fsp3) is 0.500. The fourth-order valence-corrected chi connectivity index (χ4v) is 3.47. The molecule has 3 amide bonds. The summed E-state index contributed by atoms with van der Waals surface area (Å²) in [6.45, 7) is -0.614. The van der Waals surface area contributed by atoms with Crippen molar-refractivity contribution in [2.24, 2.45) is 5.92 Å². The van der Waals surface area contributed by atoms with Gasteiger partial charge in [0, 0.05) is 44.7 Å². The van der Waals surface area contributed by atoms with Gasteiger partial charge < -0.3 is 14.7 Å². The minimum absolute atomic E-state index is 0.232. The first kappa shape index (κ1) is 20.1. The van der Waals surface area contributed by atoms with Gasteiger partial charge in [-0.05, 0) is 24.3 Å². The highest BCUT2D eigenvalue weighted by atomic mass is 19.4. The number of benzene rings is 1. The summed E-state index contributed by atoms with van der Waals surface area (Å²) < 4.78 is 50.5. The van der Waals surface area contributed by atoms with Gasteiger partial charge in [-0.25, -0.2) is 4.39 Å². The molecule has 1 unspecified atom stereocenters. The average molecular weight is 401 g/mol. The largest absolute Gasteiger partial charge is 0.406 e. The third-order valence-corrected chi connectivity index (χ3v) is 4.90. The van der Waals surface area contributed by atoms with E-state index >= 15 is 0 Å². The Morgan fingerprint density at radius 2 is 1.57 bits per heavy atom. The highest BCUT2D eigenvalue weighted by Gasteiger charge is 2.42. The Labute approximate surface area is 158 Å². The van der Waals surface area contributed by atoms with Crippen molar-refractivity contribution in [2.45, 2.75) is 12.6 Å². The van der Waals surface area contributed by atoms with Gasteiger partial charge in [-0.3, -0.25) is 14.4 Å². The second-order valence-corrected chi connectivity index (χ2v) is 6.91. The van der Waals surface area contributed by atoms with Gasteiger partial charge in [0.15, 0.2) is 0 Å². The summed E-state index contributed by atoms with van der Waals surface area (Å²) in [7, 11) is 0. The van der Waals surface area contributed by atoms with E-state index in [-0.39, 0.29) is 51.0 Å². The molecule has 2 fully saturated rings. The van der Waals surface area contributed by atoms with E-state index in [0.717, 1.165) is 0 Å². The number of likely N-dealkylation sites (tertiary alicyclic amines) is 1. The van der Waals surface area contributed by atoms with Crippen LogP contribution in [0.1, 0.15) is 16.8 Å². The fourth-order valence-electron chi connectivity index (χ4n) is 3.47. The summed E-state index contributed by atoms with van der Waals surface area (Å²) in [4.78, 5) is 40.4. The van der Waals surface area contributed by atoms with Crippen molar-refractivity contribution in [3.63, 3.8) is 0 Å². The molecule has 1 atom stereocenters. The molecule has 0 saturated carbocycles. The highest BCUT2D eigenvalue weighted by molar-refractivity contribution is 5.94. The lowest BCUT2D eigenvalue weighted by Gasteiger charge is -2.36. The molecule has 6 nitrogen and oxygen atoms in total. The Kier molecular flexibility index (Phi) is 5.57. The average Bonchev–Trinajstić information content (AvgIpc) is 3.00. The van der Waals surface area contributed by atoms with Gasteiger partial charge in [0.05, 0.1) is 5.92 Å². The van der Waals surface area contributed by atoms with Crippen LogP contribution in [0.4, 0.5) is 17.6 Å². The second kappa shape index (κ2) is 7.76. The molecule has 2 aliphatic heterocycles. The lowest BCUT2D eigenvalue weighted by atomic mass is 10.1. The normalized spacial score (nSPS) is 20.6. The number of nitrogens with zero attached hydrogens (tertiary/aromatic N) is 3. The van der Waals surface area contributed by atoms with E-state index in [4.69, 9.17) is 0 Å². The number of carbonyl (C=O) groups is 3. The molecule has 28 heavy (non-hydrogen) atoms. The van der Waals surface area contributed by atoms with Gasteiger partial charge in [-0.2, -0.15) is 13.2 Å². The maximum atomic E-state index is 13.0. The Morgan fingerprint density at radius 3 is 2.14 bits per heavy atom. The Hall–Kier alpha value is -2.65. The Morgan fingerprint density at radius 1 is 1.00 bits per heavy atom.